The van der Waals surface area contributed by atoms with E-state index in [2.05, 4.69) is 38.8 Å². The molecule has 0 atom stereocenters. The fourth-order valence-corrected chi connectivity index (χ4v) is 2.58. The van der Waals surface area contributed by atoms with E-state index in [0.717, 1.165) is 23.1 Å². The van der Waals surface area contributed by atoms with Gasteiger partial charge >= 0.3 is 0 Å². The van der Waals surface area contributed by atoms with Crippen molar-refractivity contribution < 1.29 is 0 Å². The van der Waals surface area contributed by atoms with Crippen molar-refractivity contribution in [1.82, 2.24) is 19.1 Å². The number of hydrogen-bond donors (Lipinski definition) is 1. The standard InChI is InChI=1S/C14H15N5S/c1-2-13-17-14(20-18-13)15-10-11-6-3-4-7-12(11)19-9-5-8-16-19/h3-9H,2,10H2,1H3,(H,15,17,18). The van der Waals surface area contributed by atoms with Gasteiger partial charge in [-0.1, -0.05) is 25.1 Å². The minimum absolute atomic E-state index is 0.703. The van der Waals surface area contributed by atoms with E-state index < -0.39 is 0 Å². The Morgan fingerprint density at radius 3 is 2.90 bits per heavy atom. The third-order valence-corrected chi connectivity index (χ3v) is 3.67. The number of aryl methyl sites for hydroxylation is 1. The summed E-state index contributed by atoms with van der Waals surface area (Å²) in [5.74, 6) is 0.887. The average Bonchev–Trinajstić information content (AvgIpc) is 3.17. The highest BCUT2D eigenvalue weighted by Gasteiger charge is 2.06. The molecule has 2 aromatic heterocycles. The molecule has 20 heavy (non-hydrogen) atoms. The lowest BCUT2D eigenvalue weighted by molar-refractivity contribution is 0.863. The molecule has 6 heteroatoms. The third-order valence-electron chi connectivity index (χ3n) is 2.96. The van der Waals surface area contributed by atoms with Crippen molar-refractivity contribution in [2.45, 2.75) is 19.9 Å². The van der Waals surface area contributed by atoms with Crippen molar-refractivity contribution in [2.24, 2.45) is 0 Å². The van der Waals surface area contributed by atoms with Gasteiger partial charge in [0.05, 0.1) is 5.69 Å². The summed E-state index contributed by atoms with van der Waals surface area (Å²) < 4.78 is 6.14. The van der Waals surface area contributed by atoms with Gasteiger partial charge in [-0.3, -0.25) is 0 Å². The van der Waals surface area contributed by atoms with Gasteiger partial charge in [0.15, 0.2) is 0 Å². The maximum atomic E-state index is 4.41. The van der Waals surface area contributed by atoms with Crippen LogP contribution in [-0.4, -0.2) is 19.1 Å². The quantitative estimate of drug-likeness (QED) is 0.783. The lowest BCUT2D eigenvalue weighted by Crippen LogP contribution is -2.05. The molecule has 102 valence electrons. The summed E-state index contributed by atoms with van der Waals surface area (Å²) in [6.07, 6.45) is 4.59. The van der Waals surface area contributed by atoms with Gasteiger partial charge < -0.3 is 5.32 Å². The molecule has 0 aliphatic carbocycles. The fraction of sp³-hybridized carbons (Fsp3) is 0.214. The molecular formula is C14H15N5S. The van der Waals surface area contributed by atoms with Crippen LogP contribution in [0.4, 0.5) is 5.13 Å². The van der Waals surface area contributed by atoms with Crippen molar-refractivity contribution in [2.75, 3.05) is 5.32 Å². The van der Waals surface area contributed by atoms with E-state index in [1.54, 1.807) is 6.20 Å². The lowest BCUT2D eigenvalue weighted by Gasteiger charge is -2.09. The molecule has 0 radical (unpaired) electrons. The number of para-hydroxylation sites is 1. The Bertz CT molecular complexity index is 674. The Morgan fingerprint density at radius 2 is 2.15 bits per heavy atom. The molecule has 0 fully saturated rings. The Kier molecular flexibility index (Phi) is 3.73. The van der Waals surface area contributed by atoms with E-state index in [9.17, 15) is 0 Å². The molecule has 0 spiro atoms. The maximum absolute atomic E-state index is 4.41. The number of benzene rings is 1. The SMILES string of the molecule is CCc1nsc(NCc2ccccc2-n2cccn2)n1. The predicted molar refractivity (Wildman–Crippen MR) is 80.2 cm³/mol. The van der Waals surface area contributed by atoms with Crippen molar-refractivity contribution in [3.8, 4) is 5.69 Å². The molecule has 0 saturated carbocycles. The second-order valence-corrected chi connectivity index (χ2v) is 5.05. The highest BCUT2D eigenvalue weighted by molar-refractivity contribution is 7.09. The zero-order chi connectivity index (χ0) is 13.8. The monoisotopic (exact) mass is 285 g/mol. The lowest BCUT2D eigenvalue weighted by atomic mass is 10.2. The molecule has 1 N–H and O–H groups in total. The molecule has 3 rings (SSSR count). The Labute approximate surface area is 121 Å². The molecule has 0 saturated heterocycles. The van der Waals surface area contributed by atoms with E-state index in [1.807, 2.05) is 29.1 Å². The van der Waals surface area contributed by atoms with Crippen LogP contribution in [0.15, 0.2) is 42.7 Å². The molecule has 0 amide bonds. The number of nitrogens with zero attached hydrogens (tertiary/aromatic N) is 4. The van der Waals surface area contributed by atoms with E-state index in [-0.39, 0.29) is 0 Å². The van der Waals surface area contributed by atoms with Crippen LogP contribution in [0.3, 0.4) is 0 Å². The first-order chi connectivity index (χ1) is 9.86. The van der Waals surface area contributed by atoms with Crippen LogP contribution in [0.2, 0.25) is 0 Å². The van der Waals surface area contributed by atoms with Gasteiger partial charge in [-0.2, -0.15) is 9.47 Å². The summed E-state index contributed by atoms with van der Waals surface area (Å²) in [6.45, 7) is 2.76. The Balaban J connectivity index is 1.77. The zero-order valence-corrected chi connectivity index (χ0v) is 12.0. The molecule has 5 nitrogen and oxygen atoms in total. The average molecular weight is 285 g/mol. The van der Waals surface area contributed by atoms with Crippen LogP contribution in [0.25, 0.3) is 5.69 Å². The van der Waals surface area contributed by atoms with E-state index in [0.29, 0.717) is 6.54 Å². The van der Waals surface area contributed by atoms with Crippen LogP contribution >= 0.6 is 11.5 Å². The number of rotatable bonds is 5. The summed E-state index contributed by atoms with van der Waals surface area (Å²) in [5.41, 5.74) is 2.25. The molecule has 0 aliphatic rings. The minimum atomic E-state index is 0.703. The topological polar surface area (TPSA) is 55.6 Å². The van der Waals surface area contributed by atoms with E-state index in [1.165, 1.54) is 17.1 Å². The molecule has 0 aliphatic heterocycles. The first-order valence-electron chi connectivity index (χ1n) is 6.51. The van der Waals surface area contributed by atoms with Crippen molar-refractivity contribution >= 4 is 16.7 Å². The molecule has 1 aromatic carbocycles. The highest BCUT2D eigenvalue weighted by atomic mass is 32.1. The summed E-state index contributed by atoms with van der Waals surface area (Å²) >= 11 is 1.40. The number of anilines is 1. The molecule has 0 bridgehead atoms. The molecule has 0 unspecified atom stereocenters. The van der Waals surface area contributed by atoms with Gasteiger partial charge in [-0.05, 0) is 17.7 Å². The van der Waals surface area contributed by atoms with Crippen LogP contribution in [0, 0.1) is 0 Å². The summed E-state index contributed by atoms with van der Waals surface area (Å²) in [5, 5.41) is 8.46. The smallest absolute Gasteiger partial charge is 0.202 e. The van der Waals surface area contributed by atoms with Gasteiger partial charge in [-0.15, -0.1) is 0 Å². The van der Waals surface area contributed by atoms with Gasteiger partial charge in [-0.25, -0.2) is 9.67 Å². The second kappa shape index (κ2) is 5.83. The molecule has 2 heterocycles. The first-order valence-corrected chi connectivity index (χ1v) is 7.28. The van der Waals surface area contributed by atoms with Crippen molar-refractivity contribution in [1.29, 1.82) is 0 Å². The molecular weight excluding hydrogens is 270 g/mol. The van der Waals surface area contributed by atoms with Crippen LogP contribution in [0.5, 0.6) is 0 Å². The summed E-state index contributed by atoms with van der Waals surface area (Å²) in [4.78, 5) is 4.41. The summed E-state index contributed by atoms with van der Waals surface area (Å²) in [6, 6.07) is 10.1. The number of aromatic nitrogens is 4. The van der Waals surface area contributed by atoms with Crippen LogP contribution in [-0.2, 0) is 13.0 Å². The van der Waals surface area contributed by atoms with Gasteiger partial charge in [0.25, 0.3) is 0 Å². The number of hydrogen-bond acceptors (Lipinski definition) is 5. The summed E-state index contributed by atoms with van der Waals surface area (Å²) in [7, 11) is 0. The highest BCUT2D eigenvalue weighted by Crippen LogP contribution is 2.17. The predicted octanol–water partition coefficient (Wildman–Crippen LogP) is 2.90. The van der Waals surface area contributed by atoms with Crippen LogP contribution in [0.1, 0.15) is 18.3 Å². The second-order valence-electron chi connectivity index (χ2n) is 4.30. The van der Waals surface area contributed by atoms with Gasteiger partial charge in [0, 0.05) is 36.9 Å². The third kappa shape index (κ3) is 2.70. The van der Waals surface area contributed by atoms with Crippen molar-refractivity contribution in [3.63, 3.8) is 0 Å². The van der Waals surface area contributed by atoms with Gasteiger partial charge in [0.2, 0.25) is 5.13 Å². The maximum Gasteiger partial charge on any atom is 0.202 e. The van der Waals surface area contributed by atoms with Crippen molar-refractivity contribution in [3.05, 3.63) is 54.1 Å². The van der Waals surface area contributed by atoms with Gasteiger partial charge in [0.1, 0.15) is 5.82 Å². The molecule has 3 aromatic rings. The fourth-order valence-electron chi connectivity index (χ4n) is 1.94. The Morgan fingerprint density at radius 1 is 1.25 bits per heavy atom. The van der Waals surface area contributed by atoms with E-state index >= 15 is 0 Å². The first kappa shape index (κ1) is 12.8. The number of nitrogens with one attached hydrogen (secondary N) is 1. The normalized spacial score (nSPS) is 10.7. The Hall–Kier alpha value is -2.21. The minimum Gasteiger partial charge on any atom is -0.356 e. The van der Waals surface area contributed by atoms with E-state index in [4.69, 9.17) is 0 Å². The largest absolute Gasteiger partial charge is 0.356 e. The van der Waals surface area contributed by atoms with Crippen LogP contribution < -0.4 is 5.32 Å². The zero-order valence-electron chi connectivity index (χ0n) is 11.2.